The van der Waals surface area contributed by atoms with Gasteiger partial charge in [-0.25, -0.2) is 0 Å². The van der Waals surface area contributed by atoms with E-state index in [0.29, 0.717) is 18.4 Å². The van der Waals surface area contributed by atoms with Crippen molar-refractivity contribution in [1.29, 1.82) is 0 Å². The summed E-state index contributed by atoms with van der Waals surface area (Å²) in [5.41, 5.74) is 5.66. The van der Waals surface area contributed by atoms with Crippen LogP contribution in [-0.2, 0) is 4.79 Å². The second kappa shape index (κ2) is 6.21. The monoisotopic (exact) mass is 227 g/mol. The van der Waals surface area contributed by atoms with Crippen molar-refractivity contribution in [2.75, 3.05) is 27.2 Å². The van der Waals surface area contributed by atoms with Crippen LogP contribution in [-0.4, -0.2) is 55.0 Å². The molecule has 0 bridgehead atoms. The molecule has 0 radical (unpaired) electrons. The van der Waals surface area contributed by atoms with Crippen molar-refractivity contribution in [2.24, 2.45) is 5.73 Å². The van der Waals surface area contributed by atoms with Crippen molar-refractivity contribution in [3.63, 3.8) is 0 Å². The molecule has 0 saturated carbocycles. The van der Waals surface area contributed by atoms with E-state index in [1.165, 1.54) is 0 Å². The van der Waals surface area contributed by atoms with E-state index < -0.39 is 0 Å². The summed E-state index contributed by atoms with van der Waals surface area (Å²) in [5.74, 6) is 0.296. The molecule has 1 rings (SSSR count). The third kappa shape index (κ3) is 4.10. The van der Waals surface area contributed by atoms with E-state index in [4.69, 9.17) is 5.73 Å². The first-order valence-electron chi connectivity index (χ1n) is 6.20. The number of hydrogen-bond acceptors (Lipinski definition) is 3. The number of carbonyl (C=O) groups excluding carboxylic acids is 1. The molecule has 4 nitrogen and oxygen atoms in total. The van der Waals surface area contributed by atoms with Crippen LogP contribution in [0.15, 0.2) is 0 Å². The number of hydrogen-bond donors (Lipinski definition) is 1. The van der Waals surface area contributed by atoms with Gasteiger partial charge in [-0.1, -0.05) is 0 Å². The van der Waals surface area contributed by atoms with Crippen molar-refractivity contribution in [3.8, 4) is 0 Å². The van der Waals surface area contributed by atoms with Gasteiger partial charge in [0.2, 0.25) is 5.91 Å². The topological polar surface area (TPSA) is 49.6 Å². The average Bonchev–Trinajstić information content (AvgIpc) is 2.65. The first kappa shape index (κ1) is 13.5. The Kier molecular flexibility index (Phi) is 5.22. The fourth-order valence-electron chi connectivity index (χ4n) is 2.12. The summed E-state index contributed by atoms with van der Waals surface area (Å²) in [7, 11) is 4.16. The van der Waals surface area contributed by atoms with E-state index in [9.17, 15) is 4.79 Å². The van der Waals surface area contributed by atoms with Crippen LogP contribution in [0.2, 0.25) is 0 Å². The second-order valence-corrected chi connectivity index (χ2v) is 5.12. The van der Waals surface area contributed by atoms with E-state index in [1.807, 2.05) is 11.8 Å². The molecule has 0 spiro atoms. The van der Waals surface area contributed by atoms with Crippen molar-refractivity contribution in [2.45, 2.75) is 44.7 Å². The van der Waals surface area contributed by atoms with Crippen LogP contribution in [0.25, 0.3) is 0 Å². The lowest BCUT2D eigenvalue weighted by atomic mass is 10.1. The molecule has 94 valence electrons. The normalized spacial score (nSPS) is 22.8. The molecular weight excluding hydrogens is 202 g/mol. The number of nitrogens with two attached hydrogens (primary N) is 1. The fraction of sp³-hybridized carbons (Fsp3) is 0.917. The SMILES string of the molecule is CC(N)CCCC(=O)N1CCC(N(C)C)C1. The minimum absolute atomic E-state index is 0.209. The van der Waals surface area contributed by atoms with Crippen LogP contribution in [0.5, 0.6) is 0 Å². The minimum atomic E-state index is 0.209. The fourth-order valence-corrected chi connectivity index (χ4v) is 2.12. The lowest BCUT2D eigenvalue weighted by Crippen LogP contribution is -2.34. The van der Waals surface area contributed by atoms with Crippen LogP contribution in [0.4, 0.5) is 0 Å². The number of rotatable bonds is 5. The van der Waals surface area contributed by atoms with Crippen molar-refractivity contribution in [1.82, 2.24) is 9.80 Å². The quantitative estimate of drug-likeness (QED) is 0.751. The molecule has 1 aliphatic heterocycles. The van der Waals surface area contributed by atoms with Gasteiger partial charge in [-0.05, 0) is 40.3 Å². The van der Waals surface area contributed by atoms with Crippen LogP contribution >= 0.6 is 0 Å². The summed E-state index contributed by atoms with van der Waals surface area (Å²) in [5, 5.41) is 0. The molecule has 0 aromatic rings. The zero-order valence-electron chi connectivity index (χ0n) is 10.8. The van der Waals surface area contributed by atoms with Crippen LogP contribution in [0.1, 0.15) is 32.6 Å². The second-order valence-electron chi connectivity index (χ2n) is 5.12. The molecule has 16 heavy (non-hydrogen) atoms. The molecule has 1 saturated heterocycles. The van der Waals surface area contributed by atoms with Gasteiger partial charge in [0.15, 0.2) is 0 Å². The average molecular weight is 227 g/mol. The van der Waals surface area contributed by atoms with Gasteiger partial charge in [-0.15, -0.1) is 0 Å². The highest BCUT2D eigenvalue weighted by molar-refractivity contribution is 5.76. The Morgan fingerprint density at radius 2 is 2.25 bits per heavy atom. The predicted molar refractivity (Wildman–Crippen MR) is 66.2 cm³/mol. The van der Waals surface area contributed by atoms with Gasteiger partial charge >= 0.3 is 0 Å². The van der Waals surface area contributed by atoms with Crippen molar-refractivity contribution >= 4 is 5.91 Å². The maximum Gasteiger partial charge on any atom is 0.222 e. The summed E-state index contributed by atoms with van der Waals surface area (Å²) < 4.78 is 0. The van der Waals surface area contributed by atoms with Crippen molar-refractivity contribution < 1.29 is 4.79 Å². The van der Waals surface area contributed by atoms with E-state index in [-0.39, 0.29) is 6.04 Å². The van der Waals surface area contributed by atoms with Crippen LogP contribution in [0, 0.1) is 0 Å². The summed E-state index contributed by atoms with van der Waals surface area (Å²) in [4.78, 5) is 16.1. The number of carbonyl (C=O) groups is 1. The van der Waals surface area contributed by atoms with Gasteiger partial charge in [0.1, 0.15) is 0 Å². The molecule has 0 aliphatic carbocycles. The Morgan fingerprint density at radius 1 is 1.56 bits per heavy atom. The Hall–Kier alpha value is -0.610. The van der Waals surface area contributed by atoms with Gasteiger partial charge in [0.05, 0.1) is 0 Å². The van der Waals surface area contributed by atoms with Crippen LogP contribution in [0.3, 0.4) is 0 Å². The molecule has 2 atom stereocenters. The molecule has 1 amide bonds. The first-order valence-corrected chi connectivity index (χ1v) is 6.20. The highest BCUT2D eigenvalue weighted by Crippen LogP contribution is 2.15. The van der Waals surface area contributed by atoms with E-state index in [0.717, 1.165) is 32.4 Å². The zero-order chi connectivity index (χ0) is 12.1. The van der Waals surface area contributed by atoms with Crippen LogP contribution < -0.4 is 5.73 Å². The highest BCUT2D eigenvalue weighted by atomic mass is 16.2. The van der Waals surface area contributed by atoms with Gasteiger partial charge in [-0.2, -0.15) is 0 Å². The van der Waals surface area contributed by atoms with Gasteiger partial charge in [0, 0.05) is 31.6 Å². The van der Waals surface area contributed by atoms with E-state index >= 15 is 0 Å². The Balaban J connectivity index is 2.23. The maximum absolute atomic E-state index is 11.9. The van der Waals surface area contributed by atoms with Gasteiger partial charge < -0.3 is 15.5 Å². The molecular formula is C12H25N3O. The molecule has 1 fully saturated rings. The van der Waals surface area contributed by atoms with Gasteiger partial charge in [0.25, 0.3) is 0 Å². The van der Waals surface area contributed by atoms with Gasteiger partial charge in [-0.3, -0.25) is 4.79 Å². The standard InChI is InChI=1S/C12H25N3O/c1-10(13)5-4-6-12(16)15-8-7-11(9-15)14(2)3/h10-11H,4-9,13H2,1-3H3. The Morgan fingerprint density at radius 3 is 2.75 bits per heavy atom. The smallest absolute Gasteiger partial charge is 0.222 e. The third-order valence-electron chi connectivity index (χ3n) is 3.30. The lowest BCUT2D eigenvalue weighted by molar-refractivity contribution is -0.130. The minimum Gasteiger partial charge on any atom is -0.341 e. The number of likely N-dealkylation sites (tertiary alicyclic amines) is 1. The van der Waals surface area contributed by atoms with E-state index in [2.05, 4.69) is 19.0 Å². The van der Waals surface area contributed by atoms with Crippen molar-refractivity contribution in [3.05, 3.63) is 0 Å². The molecule has 0 aromatic heterocycles. The maximum atomic E-state index is 11.9. The third-order valence-corrected chi connectivity index (χ3v) is 3.30. The molecule has 0 aromatic carbocycles. The van der Waals surface area contributed by atoms with E-state index in [1.54, 1.807) is 0 Å². The summed E-state index contributed by atoms with van der Waals surface area (Å²) in [6.45, 7) is 3.80. The largest absolute Gasteiger partial charge is 0.341 e. The number of nitrogens with zero attached hydrogens (tertiary/aromatic N) is 2. The Bertz CT molecular complexity index is 228. The summed E-state index contributed by atoms with van der Waals surface area (Å²) >= 11 is 0. The first-order chi connectivity index (χ1) is 7.50. The highest BCUT2D eigenvalue weighted by Gasteiger charge is 2.26. The molecule has 2 N–H and O–H groups in total. The number of amides is 1. The number of likely N-dealkylation sites (N-methyl/N-ethyl adjacent to an activating group) is 1. The summed E-state index contributed by atoms with van der Waals surface area (Å²) in [6.07, 6.45) is 3.62. The Labute approximate surface area is 98.8 Å². The molecule has 2 unspecified atom stereocenters. The predicted octanol–water partition coefficient (Wildman–Crippen LogP) is 0.666. The zero-order valence-corrected chi connectivity index (χ0v) is 10.8. The molecule has 1 heterocycles. The molecule has 4 heteroatoms. The molecule has 1 aliphatic rings. The lowest BCUT2D eigenvalue weighted by Gasteiger charge is -2.20. The summed E-state index contributed by atoms with van der Waals surface area (Å²) in [6, 6.07) is 0.748.